The number of amides is 1. The van der Waals surface area contributed by atoms with Crippen LogP contribution in [0.25, 0.3) is 0 Å². The Bertz CT molecular complexity index is 1160. The summed E-state index contributed by atoms with van der Waals surface area (Å²) >= 11 is 0. The maximum Gasteiger partial charge on any atom is 0.271 e. The molecule has 0 spiro atoms. The molecule has 0 aliphatic carbocycles. The highest BCUT2D eigenvalue weighted by atomic mass is 32.2. The Kier molecular flexibility index (Phi) is 9.27. The Balaban J connectivity index is 1.75. The van der Waals surface area contributed by atoms with E-state index in [-0.39, 0.29) is 30.1 Å². The predicted molar refractivity (Wildman–Crippen MR) is 138 cm³/mol. The second-order valence-electron chi connectivity index (χ2n) is 8.97. The summed E-state index contributed by atoms with van der Waals surface area (Å²) in [6.45, 7) is 5.04. The molecule has 2 aromatic rings. The van der Waals surface area contributed by atoms with Crippen molar-refractivity contribution in [2.45, 2.75) is 51.7 Å². The minimum atomic E-state index is -3.99. The van der Waals surface area contributed by atoms with E-state index >= 15 is 0 Å². The van der Waals surface area contributed by atoms with Crippen LogP contribution in [-0.4, -0.2) is 56.6 Å². The number of ether oxygens (including phenoxy) is 1. The predicted octanol–water partition coefficient (Wildman–Crippen LogP) is 3.45. The average molecular weight is 519 g/mol. The molecule has 196 valence electrons. The highest BCUT2D eigenvalue weighted by Crippen LogP contribution is 2.35. The lowest BCUT2D eigenvalue weighted by Gasteiger charge is -2.31. The summed E-state index contributed by atoms with van der Waals surface area (Å²) in [6.07, 6.45) is 4.87. The number of likely N-dealkylation sites (tertiary alicyclic amines) is 1. The summed E-state index contributed by atoms with van der Waals surface area (Å²) in [4.78, 5) is 26.3. The standard InChI is InChI=1S/C25H34N4O6S/c1-4-22(28(36(3,33)34)23-16-21(29(31)32)12-13-24(23)35-2)25(30)26-17-19-8-10-20(11-9-19)18-27-14-6-5-7-15-27/h8-13,16,22H,4-7,14-15,17-18H2,1-3H3,(H,26,30)/t22-/m0/s1. The van der Waals surface area contributed by atoms with Gasteiger partial charge in [-0.1, -0.05) is 37.6 Å². The van der Waals surface area contributed by atoms with E-state index in [0.29, 0.717) is 0 Å². The van der Waals surface area contributed by atoms with E-state index in [0.717, 1.165) is 41.8 Å². The van der Waals surface area contributed by atoms with Gasteiger partial charge in [0.05, 0.1) is 18.3 Å². The van der Waals surface area contributed by atoms with Crippen molar-refractivity contribution in [1.29, 1.82) is 0 Å². The zero-order chi connectivity index (χ0) is 26.3. The van der Waals surface area contributed by atoms with Crippen LogP contribution >= 0.6 is 0 Å². The van der Waals surface area contributed by atoms with Gasteiger partial charge in [-0.3, -0.25) is 24.1 Å². The highest BCUT2D eigenvalue weighted by Gasteiger charge is 2.34. The van der Waals surface area contributed by atoms with Gasteiger partial charge in [-0.15, -0.1) is 0 Å². The molecule has 1 amide bonds. The largest absolute Gasteiger partial charge is 0.495 e. The number of benzene rings is 2. The molecule has 1 atom stereocenters. The smallest absolute Gasteiger partial charge is 0.271 e. The van der Waals surface area contributed by atoms with Crippen molar-refractivity contribution in [3.8, 4) is 5.75 Å². The minimum Gasteiger partial charge on any atom is -0.495 e. The van der Waals surface area contributed by atoms with E-state index in [1.54, 1.807) is 6.92 Å². The summed E-state index contributed by atoms with van der Waals surface area (Å²) in [5, 5.41) is 14.1. The van der Waals surface area contributed by atoms with E-state index < -0.39 is 26.9 Å². The lowest BCUT2D eigenvalue weighted by atomic mass is 10.1. The molecule has 1 fully saturated rings. The number of piperidine rings is 1. The van der Waals surface area contributed by atoms with Crippen LogP contribution in [-0.2, 0) is 27.9 Å². The monoisotopic (exact) mass is 518 g/mol. The van der Waals surface area contributed by atoms with Crippen LogP contribution in [0.5, 0.6) is 5.75 Å². The van der Waals surface area contributed by atoms with Crippen LogP contribution in [0.3, 0.4) is 0 Å². The fourth-order valence-corrected chi connectivity index (χ4v) is 5.65. The number of nitro benzene ring substituents is 1. The molecule has 11 heteroatoms. The third kappa shape index (κ3) is 6.94. The van der Waals surface area contributed by atoms with Crippen molar-refractivity contribution in [3.05, 3.63) is 63.7 Å². The average Bonchev–Trinajstić information content (AvgIpc) is 2.86. The second kappa shape index (κ2) is 12.2. The number of nitrogens with one attached hydrogen (secondary N) is 1. The van der Waals surface area contributed by atoms with Gasteiger partial charge in [-0.05, 0) is 49.5 Å². The number of non-ortho nitro benzene ring substituents is 1. The minimum absolute atomic E-state index is 0.0572. The number of rotatable bonds is 11. The summed E-state index contributed by atoms with van der Waals surface area (Å²) in [6, 6.07) is 10.5. The number of carbonyl (C=O) groups excluding carboxylic acids is 1. The van der Waals surface area contributed by atoms with E-state index in [4.69, 9.17) is 4.74 Å². The van der Waals surface area contributed by atoms with Crippen LogP contribution in [0.4, 0.5) is 11.4 Å². The van der Waals surface area contributed by atoms with E-state index in [2.05, 4.69) is 10.2 Å². The zero-order valence-corrected chi connectivity index (χ0v) is 21.8. The Labute approximate surface area is 212 Å². The molecule has 1 N–H and O–H groups in total. The third-order valence-electron chi connectivity index (χ3n) is 6.28. The molecule has 36 heavy (non-hydrogen) atoms. The number of methoxy groups -OCH3 is 1. The van der Waals surface area contributed by atoms with Crippen molar-refractivity contribution >= 4 is 27.3 Å². The highest BCUT2D eigenvalue weighted by molar-refractivity contribution is 7.92. The number of nitrogens with zero attached hydrogens (tertiary/aromatic N) is 3. The molecular formula is C25H34N4O6S. The van der Waals surface area contributed by atoms with Gasteiger partial charge < -0.3 is 10.1 Å². The lowest BCUT2D eigenvalue weighted by molar-refractivity contribution is -0.384. The first-order valence-corrected chi connectivity index (χ1v) is 13.9. The Morgan fingerprint density at radius 1 is 1.14 bits per heavy atom. The maximum absolute atomic E-state index is 13.2. The SMILES string of the molecule is CC[C@@H](C(=O)NCc1ccc(CN2CCCCC2)cc1)N(c1cc([N+](=O)[O-])ccc1OC)S(C)(=O)=O. The summed E-state index contributed by atoms with van der Waals surface area (Å²) in [7, 11) is -2.65. The van der Waals surface area contributed by atoms with Gasteiger partial charge in [-0.2, -0.15) is 0 Å². The van der Waals surface area contributed by atoms with Crippen molar-refractivity contribution in [2.75, 3.05) is 30.8 Å². The van der Waals surface area contributed by atoms with Gasteiger partial charge in [0.2, 0.25) is 15.9 Å². The summed E-state index contributed by atoms with van der Waals surface area (Å²) in [5.41, 5.74) is 1.73. The van der Waals surface area contributed by atoms with Gasteiger partial charge in [0.25, 0.3) is 5.69 Å². The van der Waals surface area contributed by atoms with Gasteiger partial charge in [-0.25, -0.2) is 8.42 Å². The topological polar surface area (TPSA) is 122 Å². The molecule has 3 rings (SSSR count). The van der Waals surface area contributed by atoms with Crippen LogP contribution in [0.15, 0.2) is 42.5 Å². The molecule has 2 aromatic carbocycles. The lowest BCUT2D eigenvalue weighted by Crippen LogP contribution is -2.49. The molecular weight excluding hydrogens is 484 g/mol. The van der Waals surface area contributed by atoms with Crippen LogP contribution in [0.2, 0.25) is 0 Å². The molecule has 0 saturated carbocycles. The number of sulfonamides is 1. The fourth-order valence-electron chi connectivity index (χ4n) is 4.44. The Hall–Kier alpha value is -3.18. The van der Waals surface area contributed by atoms with Crippen LogP contribution < -0.4 is 14.4 Å². The normalized spacial score (nSPS) is 15.2. The molecule has 1 aliphatic rings. The van der Waals surface area contributed by atoms with Crippen molar-refractivity contribution in [2.24, 2.45) is 0 Å². The fraction of sp³-hybridized carbons (Fsp3) is 0.480. The first-order chi connectivity index (χ1) is 17.1. The summed E-state index contributed by atoms with van der Waals surface area (Å²) < 4.78 is 31.7. The third-order valence-corrected chi connectivity index (χ3v) is 7.45. The number of hydrogen-bond donors (Lipinski definition) is 1. The first kappa shape index (κ1) is 27.4. The number of hydrogen-bond acceptors (Lipinski definition) is 7. The number of nitro groups is 1. The molecule has 1 aliphatic heterocycles. The zero-order valence-electron chi connectivity index (χ0n) is 21.0. The molecule has 0 unspecified atom stereocenters. The Morgan fingerprint density at radius 2 is 1.78 bits per heavy atom. The van der Waals surface area contributed by atoms with E-state index in [1.165, 1.54) is 44.1 Å². The van der Waals surface area contributed by atoms with Crippen LogP contribution in [0, 0.1) is 10.1 Å². The van der Waals surface area contributed by atoms with E-state index in [1.807, 2.05) is 24.3 Å². The van der Waals surface area contributed by atoms with Crippen molar-refractivity contribution < 1.29 is 22.9 Å². The second-order valence-corrected chi connectivity index (χ2v) is 10.8. The first-order valence-electron chi connectivity index (χ1n) is 12.0. The van der Waals surface area contributed by atoms with Crippen molar-refractivity contribution in [1.82, 2.24) is 10.2 Å². The molecule has 10 nitrogen and oxygen atoms in total. The number of anilines is 1. The molecule has 1 heterocycles. The van der Waals surface area contributed by atoms with E-state index in [9.17, 15) is 23.3 Å². The van der Waals surface area contributed by atoms with Crippen molar-refractivity contribution in [3.63, 3.8) is 0 Å². The molecule has 0 aromatic heterocycles. The molecule has 0 bridgehead atoms. The van der Waals surface area contributed by atoms with Gasteiger partial charge in [0.15, 0.2) is 0 Å². The van der Waals surface area contributed by atoms with Gasteiger partial charge in [0.1, 0.15) is 17.5 Å². The molecule has 0 radical (unpaired) electrons. The number of carbonyl (C=O) groups is 1. The maximum atomic E-state index is 13.2. The van der Waals surface area contributed by atoms with Gasteiger partial charge in [0, 0.05) is 25.2 Å². The molecule has 1 saturated heterocycles. The quantitative estimate of drug-likeness (QED) is 0.357. The Morgan fingerprint density at radius 3 is 2.33 bits per heavy atom. The van der Waals surface area contributed by atoms with Gasteiger partial charge >= 0.3 is 0 Å². The summed E-state index contributed by atoms with van der Waals surface area (Å²) in [5.74, 6) is -0.393. The van der Waals surface area contributed by atoms with Crippen LogP contribution in [0.1, 0.15) is 43.7 Å².